The molecule has 1 N–H and O–H groups in total. The van der Waals surface area contributed by atoms with Crippen LogP contribution < -0.4 is 0 Å². The Bertz CT molecular complexity index is 689. The first-order valence-corrected chi connectivity index (χ1v) is 6.31. The SMILES string of the molecule is CC(C)(C)c1ccccc1-c1nc2ncncc2[nH]1. The highest BCUT2D eigenvalue weighted by atomic mass is 15.0. The Hall–Kier alpha value is -2.23. The summed E-state index contributed by atoms with van der Waals surface area (Å²) in [6.07, 6.45) is 3.27. The molecule has 0 aliphatic carbocycles. The summed E-state index contributed by atoms with van der Waals surface area (Å²) in [5.41, 5.74) is 4.02. The summed E-state index contributed by atoms with van der Waals surface area (Å²) in [7, 11) is 0. The van der Waals surface area contributed by atoms with Gasteiger partial charge in [0, 0.05) is 5.56 Å². The number of aromatic nitrogens is 4. The zero-order chi connectivity index (χ0) is 13.5. The van der Waals surface area contributed by atoms with E-state index in [1.54, 1.807) is 6.20 Å². The van der Waals surface area contributed by atoms with Crippen molar-refractivity contribution in [3.8, 4) is 11.4 Å². The molecule has 0 radical (unpaired) electrons. The van der Waals surface area contributed by atoms with E-state index in [4.69, 9.17) is 0 Å². The van der Waals surface area contributed by atoms with Crippen LogP contribution in [0.1, 0.15) is 26.3 Å². The molecule has 0 amide bonds. The van der Waals surface area contributed by atoms with Crippen molar-refractivity contribution >= 4 is 11.2 Å². The van der Waals surface area contributed by atoms with Gasteiger partial charge in [-0.1, -0.05) is 45.0 Å². The summed E-state index contributed by atoms with van der Waals surface area (Å²) in [4.78, 5) is 16.0. The number of rotatable bonds is 1. The standard InChI is InChI=1S/C15H16N4/c1-15(2,3)11-7-5-4-6-10(11)13-18-12-8-16-9-17-14(12)19-13/h4-9H,1-3H3,(H,16,17,18,19). The molecule has 2 heterocycles. The maximum absolute atomic E-state index is 4.55. The number of H-pyrrole nitrogens is 1. The molecule has 19 heavy (non-hydrogen) atoms. The van der Waals surface area contributed by atoms with Crippen LogP contribution in [0.3, 0.4) is 0 Å². The molecule has 0 aliphatic rings. The molecule has 96 valence electrons. The minimum Gasteiger partial charge on any atom is -0.335 e. The maximum atomic E-state index is 4.55. The van der Waals surface area contributed by atoms with Crippen molar-refractivity contribution in [2.75, 3.05) is 0 Å². The predicted octanol–water partition coefficient (Wildman–Crippen LogP) is 3.32. The number of nitrogens with one attached hydrogen (secondary N) is 1. The number of fused-ring (bicyclic) bond motifs is 1. The van der Waals surface area contributed by atoms with E-state index < -0.39 is 0 Å². The lowest BCUT2D eigenvalue weighted by Crippen LogP contribution is -2.12. The molecule has 0 bridgehead atoms. The van der Waals surface area contributed by atoms with Crippen LogP contribution in [0, 0.1) is 0 Å². The van der Waals surface area contributed by atoms with Crippen LogP contribution in [0.25, 0.3) is 22.6 Å². The summed E-state index contributed by atoms with van der Waals surface area (Å²) in [6.45, 7) is 6.61. The largest absolute Gasteiger partial charge is 0.335 e. The van der Waals surface area contributed by atoms with Gasteiger partial charge in [-0.15, -0.1) is 0 Å². The highest BCUT2D eigenvalue weighted by molar-refractivity contribution is 5.76. The number of imidazole rings is 1. The van der Waals surface area contributed by atoms with Crippen LogP contribution in [0.2, 0.25) is 0 Å². The van der Waals surface area contributed by atoms with Crippen LogP contribution in [0.15, 0.2) is 36.8 Å². The molecule has 0 fully saturated rings. The molecule has 0 unspecified atom stereocenters. The molecule has 0 saturated carbocycles. The molecular weight excluding hydrogens is 236 g/mol. The summed E-state index contributed by atoms with van der Waals surface area (Å²) in [5.74, 6) is 0.848. The van der Waals surface area contributed by atoms with Gasteiger partial charge in [0.2, 0.25) is 0 Å². The fraction of sp³-hybridized carbons (Fsp3) is 0.267. The fourth-order valence-electron chi connectivity index (χ4n) is 2.23. The van der Waals surface area contributed by atoms with Crippen molar-refractivity contribution in [1.82, 2.24) is 19.9 Å². The number of nitrogens with zero attached hydrogens (tertiary/aromatic N) is 3. The molecule has 4 heteroatoms. The lowest BCUT2D eigenvalue weighted by Gasteiger charge is -2.21. The predicted molar refractivity (Wildman–Crippen MR) is 75.8 cm³/mol. The number of benzene rings is 1. The Morgan fingerprint density at radius 1 is 1.11 bits per heavy atom. The Morgan fingerprint density at radius 2 is 1.89 bits per heavy atom. The molecule has 4 nitrogen and oxygen atoms in total. The van der Waals surface area contributed by atoms with E-state index >= 15 is 0 Å². The van der Waals surface area contributed by atoms with Crippen molar-refractivity contribution in [2.45, 2.75) is 26.2 Å². The third-order valence-corrected chi connectivity index (χ3v) is 3.15. The minimum atomic E-state index is 0.0707. The zero-order valence-electron chi connectivity index (χ0n) is 11.3. The molecular formula is C15H16N4. The second-order valence-corrected chi connectivity index (χ2v) is 5.64. The lowest BCUT2D eigenvalue weighted by molar-refractivity contribution is 0.591. The molecule has 1 aromatic carbocycles. The van der Waals surface area contributed by atoms with Crippen molar-refractivity contribution < 1.29 is 0 Å². The maximum Gasteiger partial charge on any atom is 0.181 e. The zero-order valence-corrected chi connectivity index (χ0v) is 11.3. The van der Waals surface area contributed by atoms with Gasteiger partial charge in [0.15, 0.2) is 5.65 Å². The van der Waals surface area contributed by atoms with Crippen molar-refractivity contribution in [3.63, 3.8) is 0 Å². The van der Waals surface area contributed by atoms with Crippen LogP contribution in [-0.4, -0.2) is 19.9 Å². The average molecular weight is 252 g/mol. The van der Waals surface area contributed by atoms with E-state index in [0.29, 0.717) is 5.65 Å². The topological polar surface area (TPSA) is 54.5 Å². The minimum absolute atomic E-state index is 0.0707. The second-order valence-electron chi connectivity index (χ2n) is 5.64. The fourth-order valence-corrected chi connectivity index (χ4v) is 2.23. The third kappa shape index (κ3) is 2.10. The van der Waals surface area contributed by atoms with Crippen LogP contribution >= 0.6 is 0 Å². The van der Waals surface area contributed by atoms with Crippen LogP contribution in [0.5, 0.6) is 0 Å². The van der Waals surface area contributed by atoms with Gasteiger partial charge in [0.05, 0.1) is 6.20 Å². The van der Waals surface area contributed by atoms with Gasteiger partial charge in [-0.2, -0.15) is 0 Å². The molecule has 0 aliphatic heterocycles. The van der Waals surface area contributed by atoms with Crippen molar-refractivity contribution in [2.24, 2.45) is 0 Å². The normalized spacial score (nSPS) is 11.9. The van der Waals surface area contributed by atoms with Crippen LogP contribution in [-0.2, 0) is 5.41 Å². The second kappa shape index (κ2) is 4.16. The Labute approximate surface area is 111 Å². The summed E-state index contributed by atoms with van der Waals surface area (Å²) in [6, 6.07) is 8.33. The van der Waals surface area contributed by atoms with Crippen molar-refractivity contribution in [3.05, 3.63) is 42.4 Å². The third-order valence-electron chi connectivity index (χ3n) is 3.15. The number of hydrogen-bond acceptors (Lipinski definition) is 3. The van der Waals surface area contributed by atoms with Gasteiger partial charge in [-0.25, -0.2) is 15.0 Å². The molecule has 2 aromatic heterocycles. The molecule has 0 saturated heterocycles. The highest BCUT2D eigenvalue weighted by Crippen LogP contribution is 2.31. The van der Waals surface area contributed by atoms with Crippen LogP contribution in [0.4, 0.5) is 0 Å². The summed E-state index contributed by atoms with van der Waals surface area (Å²) >= 11 is 0. The Balaban J connectivity index is 2.22. The number of hydrogen-bond donors (Lipinski definition) is 1. The first kappa shape index (κ1) is 11.8. The van der Waals surface area contributed by atoms with E-state index in [1.807, 2.05) is 6.07 Å². The molecule has 3 aromatic rings. The molecule has 0 spiro atoms. The number of aromatic amines is 1. The Morgan fingerprint density at radius 3 is 2.63 bits per heavy atom. The quantitative estimate of drug-likeness (QED) is 0.722. The van der Waals surface area contributed by atoms with Gasteiger partial charge >= 0.3 is 0 Å². The van der Waals surface area contributed by atoms with Gasteiger partial charge < -0.3 is 4.98 Å². The first-order valence-electron chi connectivity index (χ1n) is 6.31. The van der Waals surface area contributed by atoms with Gasteiger partial charge in [0.25, 0.3) is 0 Å². The van der Waals surface area contributed by atoms with Gasteiger partial charge in [-0.05, 0) is 11.0 Å². The van der Waals surface area contributed by atoms with Gasteiger partial charge in [0.1, 0.15) is 17.7 Å². The van der Waals surface area contributed by atoms with E-state index in [0.717, 1.165) is 16.9 Å². The van der Waals surface area contributed by atoms with E-state index in [9.17, 15) is 0 Å². The van der Waals surface area contributed by atoms with E-state index in [2.05, 4.69) is 58.9 Å². The lowest BCUT2D eigenvalue weighted by atomic mass is 9.83. The summed E-state index contributed by atoms with van der Waals surface area (Å²) in [5, 5.41) is 0. The first-order chi connectivity index (χ1) is 9.05. The molecule has 3 rings (SSSR count). The van der Waals surface area contributed by atoms with E-state index in [-0.39, 0.29) is 5.41 Å². The smallest absolute Gasteiger partial charge is 0.181 e. The summed E-state index contributed by atoms with van der Waals surface area (Å²) < 4.78 is 0. The van der Waals surface area contributed by atoms with Crippen molar-refractivity contribution in [1.29, 1.82) is 0 Å². The molecule has 0 atom stereocenters. The van der Waals surface area contributed by atoms with Gasteiger partial charge in [-0.3, -0.25) is 0 Å². The van der Waals surface area contributed by atoms with E-state index in [1.165, 1.54) is 11.9 Å². The average Bonchev–Trinajstić information content (AvgIpc) is 2.81. The monoisotopic (exact) mass is 252 g/mol. The highest BCUT2D eigenvalue weighted by Gasteiger charge is 2.19. The Kier molecular flexibility index (Phi) is 2.59.